The molecule has 0 aliphatic carbocycles. The number of rotatable bonds is 3. The van der Waals surface area contributed by atoms with Gasteiger partial charge in [-0.05, 0) is 62.9 Å². The van der Waals surface area contributed by atoms with Gasteiger partial charge < -0.3 is 13.7 Å². The maximum atomic E-state index is 12.0. The molecule has 6 heteroatoms. The average molecular weight is 784 g/mol. The van der Waals surface area contributed by atoms with Gasteiger partial charge in [-0.2, -0.15) is 5.26 Å². The molecular formula is C56H30BN5. The summed E-state index contributed by atoms with van der Waals surface area (Å²) in [5.41, 5.74) is 17.1. The van der Waals surface area contributed by atoms with Crippen molar-refractivity contribution in [2.75, 3.05) is 0 Å². The van der Waals surface area contributed by atoms with E-state index in [0.29, 0.717) is 16.9 Å². The van der Waals surface area contributed by atoms with Crippen LogP contribution in [0, 0.1) is 17.9 Å². The van der Waals surface area contributed by atoms with Crippen LogP contribution < -0.4 is 16.4 Å². The summed E-state index contributed by atoms with van der Waals surface area (Å²) < 4.78 is 6.94. The molecule has 62 heavy (non-hydrogen) atoms. The van der Waals surface area contributed by atoms with Crippen LogP contribution in [0.2, 0.25) is 0 Å². The summed E-state index contributed by atoms with van der Waals surface area (Å²) in [6, 6.07) is 67.4. The average Bonchev–Trinajstić information content (AvgIpc) is 3.97. The molecule has 2 aliphatic heterocycles. The summed E-state index contributed by atoms with van der Waals surface area (Å²) in [6.45, 7) is 9.15. The Hall–Kier alpha value is -8.58. The first-order chi connectivity index (χ1) is 30.7. The number of nitrogens with zero attached hydrogens (tertiary/aromatic N) is 5. The molecule has 0 spiro atoms. The van der Waals surface area contributed by atoms with E-state index >= 15 is 0 Å². The van der Waals surface area contributed by atoms with Gasteiger partial charge in [0.25, 0.3) is 6.71 Å². The number of para-hydroxylation sites is 4. The molecule has 12 aromatic rings. The molecule has 0 unspecified atom stereocenters. The smallest absolute Gasteiger partial charge is 0.250 e. The van der Waals surface area contributed by atoms with Crippen molar-refractivity contribution in [2.24, 2.45) is 0 Å². The second kappa shape index (κ2) is 12.0. The van der Waals surface area contributed by atoms with E-state index in [0.717, 1.165) is 105 Å². The van der Waals surface area contributed by atoms with E-state index < -0.39 is 0 Å². The summed E-state index contributed by atoms with van der Waals surface area (Å²) in [4.78, 5) is 4.61. The van der Waals surface area contributed by atoms with E-state index in [9.17, 15) is 11.8 Å². The van der Waals surface area contributed by atoms with Crippen LogP contribution in [0.4, 0.5) is 5.69 Å². The number of benzene rings is 9. The predicted molar refractivity (Wildman–Crippen MR) is 256 cm³/mol. The minimum absolute atomic E-state index is 0.213. The van der Waals surface area contributed by atoms with Gasteiger partial charge in [-0.1, -0.05) is 158 Å². The molecule has 5 nitrogen and oxygen atoms in total. The normalized spacial score (nSPS) is 12.5. The molecule has 0 N–H and O–H groups in total. The lowest BCUT2D eigenvalue weighted by molar-refractivity contribution is 1.10. The monoisotopic (exact) mass is 783 g/mol. The van der Waals surface area contributed by atoms with Gasteiger partial charge in [-0.3, -0.25) is 0 Å². The molecular weight excluding hydrogens is 753 g/mol. The van der Waals surface area contributed by atoms with Crippen LogP contribution in [0.25, 0.3) is 110 Å². The first-order valence-electron chi connectivity index (χ1n) is 21.0. The summed E-state index contributed by atoms with van der Waals surface area (Å²) >= 11 is 0. The third-order valence-electron chi connectivity index (χ3n) is 13.7. The Morgan fingerprint density at radius 3 is 1.40 bits per heavy atom. The Morgan fingerprint density at radius 2 is 0.887 bits per heavy atom. The van der Waals surface area contributed by atoms with Gasteiger partial charge in [0.1, 0.15) is 6.07 Å². The van der Waals surface area contributed by atoms with Gasteiger partial charge >= 0.3 is 0 Å². The fourth-order valence-electron chi connectivity index (χ4n) is 11.3. The Kier molecular flexibility index (Phi) is 6.45. The Morgan fingerprint density at radius 1 is 0.419 bits per heavy atom. The first kappa shape index (κ1) is 33.3. The second-order valence-corrected chi connectivity index (χ2v) is 16.6. The van der Waals surface area contributed by atoms with Gasteiger partial charge in [0.2, 0.25) is 5.69 Å². The highest BCUT2D eigenvalue weighted by Gasteiger charge is 2.44. The molecule has 0 saturated carbocycles. The van der Waals surface area contributed by atoms with Crippen molar-refractivity contribution in [3.63, 3.8) is 0 Å². The zero-order chi connectivity index (χ0) is 40.8. The zero-order valence-electron chi connectivity index (χ0n) is 33.1. The van der Waals surface area contributed by atoms with Crippen LogP contribution in [0.15, 0.2) is 182 Å². The number of nitriles is 1. The van der Waals surface area contributed by atoms with Crippen molar-refractivity contribution in [1.29, 1.82) is 5.26 Å². The van der Waals surface area contributed by atoms with Crippen molar-refractivity contribution in [3.05, 3.63) is 199 Å². The zero-order valence-corrected chi connectivity index (χ0v) is 33.1. The minimum atomic E-state index is -0.213. The summed E-state index contributed by atoms with van der Waals surface area (Å²) in [6.07, 6.45) is 0. The van der Waals surface area contributed by atoms with Crippen LogP contribution in [0.3, 0.4) is 0 Å². The molecule has 282 valence electrons. The molecule has 0 fully saturated rings. The number of hydrogen-bond donors (Lipinski definition) is 0. The highest BCUT2D eigenvalue weighted by molar-refractivity contribution is 7.00. The molecule has 14 rings (SSSR count). The Labute approximate surface area is 356 Å². The second-order valence-electron chi connectivity index (χ2n) is 16.6. The molecule has 0 saturated heterocycles. The topological polar surface area (TPSA) is 42.9 Å². The van der Waals surface area contributed by atoms with E-state index in [2.05, 4.69) is 194 Å². The highest BCUT2D eigenvalue weighted by Crippen LogP contribution is 2.48. The maximum absolute atomic E-state index is 12.0. The van der Waals surface area contributed by atoms with Crippen molar-refractivity contribution in [1.82, 2.24) is 13.7 Å². The van der Waals surface area contributed by atoms with Gasteiger partial charge in [0.05, 0.1) is 51.3 Å². The molecule has 0 atom stereocenters. The molecule has 9 aromatic carbocycles. The Bertz CT molecular complexity index is 3800. The third kappa shape index (κ3) is 4.06. The van der Waals surface area contributed by atoms with Gasteiger partial charge in [-0.15, -0.1) is 0 Å². The standard InChI is InChI=1S/C56H30BN5/c1-59-51-55(60-48-30-35(33-14-4-2-5-15-33)26-28-39(48)40-29-27-36(31-49(40)60)34-16-6-3-7-17-34)43(32-58)54-50-56(51)62-47-25-11-9-19-38(47)42-21-13-23-45(53(42)62)57(50)44-22-12-20-41-37-18-8-10-24-46(37)61(54)52(41)44/h2-31H. The number of fused-ring (bicyclic) bond motifs is 13. The first-order valence-corrected chi connectivity index (χ1v) is 21.0. The SMILES string of the molecule is [C-]#[N+]c1c(-n2c3cc(-c4ccccc4)ccc3c3ccc(-c4ccccc4)cc32)c(C#N)c2c3c1-n1c4ccccc4c4cccc(c41)B3c1cccc3c4ccccc4n-2c13. The largest absolute Gasteiger partial charge is 0.320 e. The fourth-order valence-corrected chi connectivity index (χ4v) is 11.3. The fraction of sp³-hybridized carbons (Fsp3) is 0. The van der Waals surface area contributed by atoms with Crippen molar-refractivity contribution >= 4 is 94.2 Å². The molecule has 3 aromatic heterocycles. The lowest BCUT2D eigenvalue weighted by atomic mass is 9.34. The van der Waals surface area contributed by atoms with Crippen molar-refractivity contribution in [2.45, 2.75) is 0 Å². The van der Waals surface area contributed by atoms with Crippen LogP contribution in [-0.4, -0.2) is 20.4 Å². The van der Waals surface area contributed by atoms with Gasteiger partial charge in [0.15, 0.2) is 0 Å². The van der Waals surface area contributed by atoms with Crippen molar-refractivity contribution in [3.8, 4) is 45.4 Å². The van der Waals surface area contributed by atoms with Crippen LogP contribution in [0.1, 0.15) is 5.56 Å². The van der Waals surface area contributed by atoms with Crippen LogP contribution in [-0.2, 0) is 0 Å². The summed E-state index contributed by atoms with van der Waals surface area (Å²) in [5, 5.41) is 18.7. The summed E-state index contributed by atoms with van der Waals surface area (Å²) in [7, 11) is 0. The van der Waals surface area contributed by atoms with Crippen molar-refractivity contribution < 1.29 is 0 Å². The molecule has 0 bridgehead atoms. The Balaban J connectivity index is 1.25. The molecule has 5 heterocycles. The van der Waals surface area contributed by atoms with Crippen LogP contribution in [0.5, 0.6) is 0 Å². The third-order valence-corrected chi connectivity index (χ3v) is 13.7. The predicted octanol–water partition coefficient (Wildman–Crippen LogP) is 11.9. The van der Waals surface area contributed by atoms with E-state index in [4.69, 9.17) is 0 Å². The van der Waals surface area contributed by atoms with E-state index in [1.54, 1.807) is 0 Å². The number of aromatic nitrogens is 3. The van der Waals surface area contributed by atoms with E-state index in [1.165, 1.54) is 10.9 Å². The lowest BCUT2D eigenvalue weighted by Gasteiger charge is -2.36. The lowest BCUT2D eigenvalue weighted by Crippen LogP contribution is -2.59. The molecule has 2 aliphatic rings. The highest BCUT2D eigenvalue weighted by atomic mass is 15.1. The van der Waals surface area contributed by atoms with Gasteiger partial charge in [0, 0.05) is 43.4 Å². The summed E-state index contributed by atoms with van der Waals surface area (Å²) in [5.74, 6) is 0. The van der Waals surface area contributed by atoms with E-state index in [1.807, 2.05) is 12.1 Å². The van der Waals surface area contributed by atoms with E-state index in [-0.39, 0.29) is 6.71 Å². The quantitative estimate of drug-likeness (QED) is 0.130. The molecule has 0 amide bonds. The minimum Gasteiger partial charge on any atom is -0.320 e. The van der Waals surface area contributed by atoms with Crippen LogP contribution >= 0.6 is 0 Å². The maximum Gasteiger partial charge on any atom is 0.250 e. The molecule has 0 radical (unpaired) electrons. The van der Waals surface area contributed by atoms with Gasteiger partial charge in [-0.25, -0.2) is 4.85 Å². The number of hydrogen-bond acceptors (Lipinski definition) is 1.